The van der Waals surface area contributed by atoms with Crippen LogP contribution < -0.4 is 0 Å². The van der Waals surface area contributed by atoms with Gasteiger partial charge in [0.15, 0.2) is 5.78 Å². The summed E-state index contributed by atoms with van der Waals surface area (Å²) < 4.78 is 5.74. The average Bonchev–Trinajstić information content (AvgIpc) is 3.29. The van der Waals surface area contributed by atoms with Crippen LogP contribution in [0.1, 0.15) is 40.3 Å². The van der Waals surface area contributed by atoms with Gasteiger partial charge in [0.1, 0.15) is 0 Å². The molecular weight excluding hydrogens is 370 g/mol. The van der Waals surface area contributed by atoms with E-state index in [1.54, 1.807) is 0 Å². The normalized spacial score (nSPS) is 12.4. The number of ketones is 1. The maximum Gasteiger partial charge on any atom is 0.277 e. The molecule has 1 N–H and O–H groups in total. The molecule has 0 saturated carbocycles. The van der Waals surface area contributed by atoms with Gasteiger partial charge < -0.3 is 9.40 Å². The van der Waals surface area contributed by atoms with Crippen LogP contribution in [0.25, 0.3) is 10.9 Å². The van der Waals surface area contributed by atoms with E-state index in [-0.39, 0.29) is 17.5 Å². The van der Waals surface area contributed by atoms with Crippen molar-refractivity contribution in [3.8, 4) is 0 Å². The lowest BCUT2D eigenvalue weighted by Crippen LogP contribution is -2.03. The molecule has 0 aliphatic heterocycles. The van der Waals surface area contributed by atoms with Crippen molar-refractivity contribution < 1.29 is 9.21 Å². The van der Waals surface area contributed by atoms with Crippen LogP contribution in [0.3, 0.4) is 0 Å². The molecule has 0 aliphatic carbocycles. The molecule has 0 amide bonds. The molecule has 2 heterocycles. The van der Waals surface area contributed by atoms with Gasteiger partial charge in [-0.1, -0.05) is 67.2 Å². The number of aromatic amines is 1. The fourth-order valence-electron chi connectivity index (χ4n) is 3.38. The molecule has 5 nitrogen and oxygen atoms in total. The third kappa shape index (κ3) is 3.87. The highest BCUT2D eigenvalue weighted by Crippen LogP contribution is 2.26. The SMILES string of the molecule is Cc1[nH]c2ccccc2c1C(=O)CSc1nnc(C[C@H](C)c2ccccc2)o1. The monoisotopic (exact) mass is 391 g/mol. The lowest BCUT2D eigenvalue weighted by atomic mass is 9.98. The fraction of sp³-hybridized carbons (Fsp3) is 0.227. The average molecular weight is 391 g/mol. The number of aryl methyl sites for hydroxylation is 1. The summed E-state index contributed by atoms with van der Waals surface area (Å²) in [7, 11) is 0. The number of fused-ring (bicyclic) bond motifs is 1. The van der Waals surface area contributed by atoms with Crippen molar-refractivity contribution in [2.45, 2.75) is 31.4 Å². The van der Waals surface area contributed by atoms with E-state index in [0.717, 1.165) is 22.2 Å². The van der Waals surface area contributed by atoms with Gasteiger partial charge in [0.2, 0.25) is 5.89 Å². The number of aromatic nitrogens is 3. The summed E-state index contributed by atoms with van der Waals surface area (Å²) in [6.45, 7) is 4.06. The lowest BCUT2D eigenvalue weighted by molar-refractivity contribution is 0.102. The third-order valence-electron chi connectivity index (χ3n) is 4.80. The quantitative estimate of drug-likeness (QED) is 0.347. The zero-order valence-corrected chi connectivity index (χ0v) is 16.6. The molecule has 28 heavy (non-hydrogen) atoms. The molecule has 0 fully saturated rings. The van der Waals surface area contributed by atoms with E-state index in [9.17, 15) is 4.79 Å². The second-order valence-electron chi connectivity index (χ2n) is 6.86. The minimum Gasteiger partial charge on any atom is -0.416 e. The predicted octanol–water partition coefficient (Wildman–Crippen LogP) is 5.18. The van der Waals surface area contributed by atoms with Crippen molar-refractivity contribution in [2.75, 3.05) is 5.75 Å². The van der Waals surface area contributed by atoms with E-state index in [1.165, 1.54) is 17.3 Å². The Morgan fingerprint density at radius 2 is 1.86 bits per heavy atom. The zero-order chi connectivity index (χ0) is 19.5. The molecule has 142 valence electrons. The highest BCUT2D eigenvalue weighted by molar-refractivity contribution is 7.99. The van der Waals surface area contributed by atoms with Gasteiger partial charge in [-0.15, -0.1) is 10.2 Å². The van der Waals surface area contributed by atoms with Gasteiger partial charge in [-0.3, -0.25) is 4.79 Å². The van der Waals surface area contributed by atoms with Crippen LogP contribution in [0, 0.1) is 6.92 Å². The number of Topliss-reactive ketones (excluding diaryl/α,β-unsaturated/α-hetero) is 1. The van der Waals surface area contributed by atoms with Gasteiger partial charge in [-0.05, 0) is 24.5 Å². The first-order valence-electron chi connectivity index (χ1n) is 9.22. The second kappa shape index (κ2) is 8.02. The number of nitrogens with one attached hydrogen (secondary N) is 1. The van der Waals surface area contributed by atoms with Gasteiger partial charge in [0.05, 0.1) is 5.75 Å². The van der Waals surface area contributed by atoms with Gasteiger partial charge in [0, 0.05) is 28.6 Å². The Morgan fingerprint density at radius 3 is 2.68 bits per heavy atom. The molecular formula is C22H21N3O2S. The van der Waals surface area contributed by atoms with Crippen LogP contribution in [0.5, 0.6) is 0 Å². The number of benzene rings is 2. The molecule has 0 radical (unpaired) electrons. The summed E-state index contributed by atoms with van der Waals surface area (Å²) in [6.07, 6.45) is 0.674. The van der Waals surface area contributed by atoms with Crippen molar-refractivity contribution in [3.05, 3.63) is 77.3 Å². The van der Waals surface area contributed by atoms with Crippen LogP contribution in [-0.2, 0) is 6.42 Å². The Balaban J connectivity index is 1.40. The summed E-state index contributed by atoms with van der Waals surface area (Å²) >= 11 is 1.28. The summed E-state index contributed by atoms with van der Waals surface area (Å²) in [4.78, 5) is 16.0. The maximum absolute atomic E-state index is 12.8. The van der Waals surface area contributed by atoms with Crippen molar-refractivity contribution >= 4 is 28.4 Å². The molecule has 0 unspecified atom stereocenters. The Labute approximate surface area is 167 Å². The maximum atomic E-state index is 12.8. The van der Waals surface area contributed by atoms with E-state index in [2.05, 4.69) is 34.2 Å². The van der Waals surface area contributed by atoms with Gasteiger partial charge >= 0.3 is 0 Å². The molecule has 2 aromatic heterocycles. The van der Waals surface area contributed by atoms with Crippen LogP contribution >= 0.6 is 11.8 Å². The minimum absolute atomic E-state index is 0.0531. The smallest absolute Gasteiger partial charge is 0.277 e. The Bertz CT molecular complexity index is 1100. The largest absolute Gasteiger partial charge is 0.416 e. The number of thioether (sulfide) groups is 1. The zero-order valence-electron chi connectivity index (χ0n) is 15.8. The standard InChI is InChI=1S/C22H21N3O2S/c1-14(16-8-4-3-5-9-16)12-20-24-25-22(27-20)28-13-19(26)21-15(2)23-18-11-7-6-10-17(18)21/h3-11,14,23H,12-13H2,1-2H3/t14-/m0/s1. The summed E-state index contributed by atoms with van der Waals surface area (Å²) in [5, 5.41) is 9.61. The molecule has 0 bridgehead atoms. The van der Waals surface area contributed by atoms with E-state index < -0.39 is 0 Å². The summed E-state index contributed by atoms with van der Waals surface area (Å²) in [5.41, 5.74) is 3.83. The van der Waals surface area contributed by atoms with Crippen LogP contribution in [-0.4, -0.2) is 26.7 Å². The lowest BCUT2D eigenvalue weighted by Gasteiger charge is -2.08. The molecule has 4 aromatic rings. The number of carbonyl (C=O) groups is 1. The number of para-hydroxylation sites is 1. The number of H-pyrrole nitrogens is 1. The van der Waals surface area contributed by atoms with E-state index >= 15 is 0 Å². The first kappa shape index (κ1) is 18.5. The van der Waals surface area contributed by atoms with Crippen molar-refractivity contribution in [3.63, 3.8) is 0 Å². The Morgan fingerprint density at radius 1 is 1.11 bits per heavy atom. The minimum atomic E-state index is 0.0531. The number of hydrogen-bond acceptors (Lipinski definition) is 5. The topological polar surface area (TPSA) is 71.8 Å². The fourth-order valence-corrected chi connectivity index (χ4v) is 4.03. The van der Waals surface area contributed by atoms with Crippen LogP contribution in [0.2, 0.25) is 0 Å². The molecule has 4 rings (SSSR count). The second-order valence-corrected chi connectivity index (χ2v) is 7.79. The molecule has 0 spiro atoms. The highest BCUT2D eigenvalue weighted by atomic mass is 32.2. The van der Waals surface area contributed by atoms with Crippen LogP contribution in [0.15, 0.2) is 64.2 Å². The Hall–Kier alpha value is -2.86. The molecule has 2 aromatic carbocycles. The van der Waals surface area contributed by atoms with Crippen molar-refractivity contribution in [1.29, 1.82) is 0 Å². The van der Waals surface area contributed by atoms with E-state index in [4.69, 9.17) is 4.42 Å². The Kier molecular flexibility index (Phi) is 5.30. The number of hydrogen-bond donors (Lipinski definition) is 1. The highest BCUT2D eigenvalue weighted by Gasteiger charge is 2.18. The molecule has 0 saturated heterocycles. The molecule has 1 atom stereocenters. The van der Waals surface area contributed by atoms with Gasteiger partial charge in [0.25, 0.3) is 5.22 Å². The number of carbonyl (C=O) groups excluding carboxylic acids is 1. The number of rotatable bonds is 7. The predicted molar refractivity (Wildman–Crippen MR) is 111 cm³/mol. The number of nitrogens with zero attached hydrogens (tertiary/aromatic N) is 2. The van der Waals surface area contributed by atoms with Crippen molar-refractivity contribution in [2.24, 2.45) is 0 Å². The summed E-state index contributed by atoms with van der Waals surface area (Å²) in [6, 6.07) is 18.1. The van der Waals surface area contributed by atoms with Gasteiger partial charge in [-0.2, -0.15) is 0 Å². The van der Waals surface area contributed by atoms with E-state index in [1.807, 2.05) is 49.4 Å². The first-order chi connectivity index (χ1) is 13.6. The van der Waals surface area contributed by atoms with Gasteiger partial charge in [-0.25, -0.2) is 0 Å². The molecule has 0 aliphatic rings. The van der Waals surface area contributed by atoms with E-state index in [0.29, 0.717) is 17.5 Å². The van der Waals surface area contributed by atoms with Crippen LogP contribution in [0.4, 0.5) is 0 Å². The molecule has 6 heteroatoms. The third-order valence-corrected chi connectivity index (χ3v) is 5.62. The first-order valence-corrected chi connectivity index (χ1v) is 10.2. The van der Waals surface area contributed by atoms with Crippen molar-refractivity contribution in [1.82, 2.24) is 15.2 Å². The summed E-state index contributed by atoms with van der Waals surface area (Å²) in [5.74, 6) is 1.19.